The highest BCUT2D eigenvalue weighted by atomic mass is 35.5. The zero-order valence-corrected chi connectivity index (χ0v) is 13.8. The molecule has 1 aromatic carbocycles. The highest BCUT2D eigenvalue weighted by molar-refractivity contribution is 6.31. The molecule has 0 saturated carbocycles. The van der Waals surface area contributed by atoms with Crippen LogP contribution in [0.5, 0.6) is 11.5 Å². The summed E-state index contributed by atoms with van der Waals surface area (Å²) in [6.07, 6.45) is 7.05. The molecule has 0 amide bonds. The summed E-state index contributed by atoms with van der Waals surface area (Å²) >= 11 is 6.45. The summed E-state index contributed by atoms with van der Waals surface area (Å²) in [6.45, 7) is 3.63. The molecule has 1 aliphatic rings. The van der Waals surface area contributed by atoms with Crippen molar-refractivity contribution in [3.63, 3.8) is 0 Å². The third-order valence-electron chi connectivity index (χ3n) is 3.94. The van der Waals surface area contributed by atoms with Gasteiger partial charge in [0.25, 0.3) is 0 Å². The molecular weight excluding hydrogens is 286 g/mol. The lowest BCUT2D eigenvalue weighted by Gasteiger charge is -2.20. The number of rotatable bonds is 7. The van der Waals surface area contributed by atoms with Gasteiger partial charge >= 0.3 is 0 Å². The maximum absolute atomic E-state index is 6.45. The lowest BCUT2D eigenvalue weighted by Crippen LogP contribution is -2.17. The van der Waals surface area contributed by atoms with E-state index in [4.69, 9.17) is 21.1 Å². The van der Waals surface area contributed by atoms with E-state index < -0.39 is 0 Å². The van der Waals surface area contributed by atoms with Crippen LogP contribution in [-0.4, -0.2) is 20.3 Å². The first-order valence-electron chi connectivity index (χ1n) is 8.02. The SMILES string of the molecule is CCCCCCC(NC)c1cc2c(cc1Cl)OCCCO2. The predicted octanol–water partition coefficient (Wildman–Crippen LogP) is 4.73. The van der Waals surface area contributed by atoms with Crippen LogP contribution in [0.25, 0.3) is 0 Å². The van der Waals surface area contributed by atoms with Gasteiger partial charge in [0.2, 0.25) is 0 Å². The van der Waals surface area contributed by atoms with Gasteiger partial charge in [-0.05, 0) is 25.1 Å². The van der Waals surface area contributed by atoms with Crippen LogP contribution in [-0.2, 0) is 0 Å². The molecule has 0 saturated heterocycles. The molecule has 0 fully saturated rings. The van der Waals surface area contributed by atoms with E-state index in [2.05, 4.69) is 12.2 Å². The number of benzene rings is 1. The first-order chi connectivity index (χ1) is 10.3. The zero-order chi connectivity index (χ0) is 15.1. The lowest BCUT2D eigenvalue weighted by atomic mass is 9.99. The van der Waals surface area contributed by atoms with Crippen molar-refractivity contribution in [2.75, 3.05) is 20.3 Å². The smallest absolute Gasteiger partial charge is 0.162 e. The fourth-order valence-corrected chi connectivity index (χ4v) is 2.98. The Balaban J connectivity index is 2.11. The van der Waals surface area contributed by atoms with Gasteiger partial charge in [0.1, 0.15) is 0 Å². The first kappa shape index (κ1) is 16.4. The minimum atomic E-state index is 0.270. The Labute approximate surface area is 133 Å². The van der Waals surface area contributed by atoms with Crippen molar-refractivity contribution >= 4 is 11.6 Å². The first-order valence-corrected chi connectivity index (χ1v) is 8.40. The summed E-state index contributed by atoms with van der Waals surface area (Å²) in [5.74, 6) is 1.59. The van der Waals surface area contributed by atoms with Gasteiger partial charge in [0.15, 0.2) is 11.5 Å². The van der Waals surface area contributed by atoms with Gasteiger partial charge in [-0.3, -0.25) is 0 Å². The van der Waals surface area contributed by atoms with Crippen LogP contribution < -0.4 is 14.8 Å². The molecule has 1 aromatic rings. The number of unbranched alkanes of at least 4 members (excludes halogenated alkanes) is 3. The number of halogens is 1. The standard InChI is InChI=1S/C17H26ClNO2/c1-3-4-5-6-8-15(19-2)13-11-16-17(12-14(13)18)21-10-7-9-20-16/h11-12,15,19H,3-10H2,1-2H3. The van der Waals surface area contributed by atoms with Crippen LogP contribution in [0.15, 0.2) is 12.1 Å². The van der Waals surface area contributed by atoms with Crippen LogP contribution in [0.2, 0.25) is 5.02 Å². The highest BCUT2D eigenvalue weighted by Gasteiger charge is 2.19. The Morgan fingerprint density at radius 2 is 1.86 bits per heavy atom. The summed E-state index contributed by atoms with van der Waals surface area (Å²) in [7, 11) is 1.99. The van der Waals surface area contributed by atoms with E-state index in [9.17, 15) is 0 Å². The van der Waals surface area contributed by atoms with Crippen molar-refractivity contribution in [2.45, 2.75) is 51.5 Å². The average Bonchev–Trinajstić information content (AvgIpc) is 2.72. The van der Waals surface area contributed by atoms with Gasteiger partial charge in [0.05, 0.1) is 13.2 Å². The van der Waals surface area contributed by atoms with Gasteiger partial charge in [-0.1, -0.05) is 44.2 Å². The highest BCUT2D eigenvalue weighted by Crippen LogP contribution is 2.38. The molecule has 1 atom stereocenters. The second-order valence-corrected chi connectivity index (χ2v) is 5.97. The lowest BCUT2D eigenvalue weighted by molar-refractivity contribution is 0.297. The summed E-state index contributed by atoms with van der Waals surface area (Å²) in [6, 6.07) is 4.21. The number of fused-ring (bicyclic) bond motifs is 1. The van der Waals surface area contributed by atoms with E-state index in [1.54, 1.807) is 0 Å². The van der Waals surface area contributed by atoms with Gasteiger partial charge < -0.3 is 14.8 Å². The summed E-state index contributed by atoms with van der Waals surface area (Å²) in [5, 5.41) is 4.14. The molecular formula is C17H26ClNO2. The minimum Gasteiger partial charge on any atom is -0.490 e. The number of ether oxygens (including phenoxy) is 2. The molecule has 0 radical (unpaired) electrons. The maximum Gasteiger partial charge on any atom is 0.162 e. The van der Waals surface area contributed by atoms with Crippen molar-refractivity contribution in [2.24, 2.45) is 0 Å². The van der Waals surface area contributed by atoms with E-state index in [1.165, 1.54) is 25.7 Å². The van der Waals surface area contributed by atoms with Crippen LogP contribution in [0.4, 0.5) is 0 Å². The van der Waals surface area contributed by atoms with Gasteiger partial charge in [-0.2, -0.15) is 0 Å². The molecule has 1 aliphatic heterocycles. The number of hydrogen-bond acceptors (Lipinski definition) is 3. The van der Waals surface area contributed by atoms with Crippen molar-refractivity contribution in [3.8, 4) is 11.5 Å². The van der Waals surface area contributed by atoms with Gasteiger partial charge in [-0.25, -0.2) is 0 Å². The molecule has 0 aromatic heterocycles. The van der Waals surface area contributed by atoms with E-state index in [0.717, 1.165) is 34.9 Å². The Hall–Kier alpha value is -0.930. The predicted molar refractivity (Wildman–Crippen MR) is 87.6 cm³/mol. The molecule has 2 rings (SSSR count). The summed E-state index contributed by atoms with van der Waals surface area (Å²) in [5.41, 5.74) is 1.11. The number of hydrogen-bond donors (Lipinski definition) is 1. The van der Waals surface area contributed by atoms with E-state index in [-0.39, 0.29) is 6.04 Å². The maximum atomic E-state index is 6.45. The quantitative estimate of drug-likeness (QED) is 0.738. The molecule has 1 heterocycles. The molecule has 21 heavy (non-hydrogen) atoms. The fraction of sp³-hybridized carbons (Fsp3) is 0.647. The van der Waals surface area contributed by atoms with Crippen molar-refractivity contribution in [1.82, 2.24) is 5.32 Å². The minimum absolute atomic E-state index is 0.270. The molecule has 118 valence electrons. The van der Waals surface area contributed by atoms with E-state index >= 15 is 0 Å². The third-order valence-corrected chi connectivity index (χ3v) is 4.26. The Bertz CT molecular complexity index is 451. The fourth-order valence-electron chi connectivity index (χ4n) is 2.70. The molecule has 4 heteroatoms. The Morgan fingerprint density at radius 3 is 2.52 bits per heavy atom. The van der Waals surface area contributed by atoms with Crippen LogP contribution >= 0.6 is 11.6 Å². The summed E-state index contributed by atoms with van der Waals surface area (Å²) < 4.78 is 11.5. The molecule has 1 N–H and O–H groups in total. The van der Waals surface area contributed by atoms with Gasteiger partial charge in [-0.15, -0.1) is 0 Å². The molecule has 1 unspecified atom stereocenters. The largest absolute Gasteiger partial charge is 0.490 e. The molecule has 0 bridgehead atoms. The van der Waals surface area contributed by atoms with E-state index in [1.807, 2.05) is 19.2 Å². The van der Waals surface area contributed by atoms with Crippen molar-refractivity contribution < 1.29 is 9.47 Å². The van der Waals surface area contributed by atoms with E-state index in [0.29, 0.717) is 13.2 Å². The molecule has 3 nitrogen and oxygen atoms in total. The third kappa shape index (κ3) is 4.52. The van der Waals surface area contributed by atoms with Crippen molar-refractivity contribution in [3.05, 3.63) is 22.7 Å². The van der Waals surface area contributed by atoms with Crippen LogP contribution in [0.1, 0.15) is 57.1 Å². The molecule has 0 spiro atoms. The van der Waals surface area contributed by atoms with Gasteiger partial charge in [0, 0.05) is 23.6 Å². The van der Waals surface area contributed by atoms with Crippen LogP contribution in [0.3, 0.4) is 0 Å². The second kappa shape index (κ2) is 8.50. The van der Waals surface area contributed by atoms with Crippen molar-refractivity contribution in [1.29, 1.82) is 0 Å². The summed E-state index contributed by atoms with van der Waals surface area (Å²) in [4.78, 5) is 0. The topological polar surface area (TPSA) is 30.5 Å². The second-order valence-electron chi connectivity index (χ2n) is 5.56. The monoisotopic (exact) mass is 311 g/mol. The number of nitrogens with one attached hydrogen (secondary N) is 1. The Morgan fingerprint density at radius 1 is 1.14 bits per heavy atom. The average molecular weight is 312 g/mol. The molecule has 0 aliphatic carbocycles. The zero-order valence-electron chi connectivity index (χ0n) is 13.1. The normalized spacial score (nSPS) is 15.6. The van der Waals surface area contributed by atoms with Crippen LogP contribution in [0, 0.1) is 0 Å². The Kier molecular flexibility index (Phi) is 6.65.